The fourth-order valence-corrected chi connectivity index (χ4v) is 3.06. The maximum atomic E-state index is 12.8. The van der Waals surface area contributed by atoms with Crippen molar-refractivity contribution in [1.29, 1.82) is 0 Å². The summed E-state index contributed by atoms with van der Waals surface area (Å²) in [5.74, 6) is -0.565. The molecule has 1 heterocycles. The van der Waals surface area contributed by atoms with Crippen LogP contribution < -0.4 is 5.32 Å². The van der Waals surface area contributed by atoms with Crippen LogP contribution in [-0.4, -0.2) is 28.8 Å². The van der Waals surface area contributed by atoms with Gasteiger partial charge in [0.25, 0.3) is 5.91 Å². The molecule has 1 saturated heterocycles. The van der Waals surface area contributed by atoms with Gasteiger partial charge in [0.05, 0.1) is 6.42 Å². The molecule has 0 spiro atoms. The number of imide groups is 1. The smallest absolute Gasteiger partial charge is 0.252 e. The van der Waals surface area contributed by atoms with Gasteiger partial charge in [0.1, 0.15) is 11.9 Å². The number of carbonyl (C=O) groups is 2. The summed E-state index contributed by atoms with van der Waals surface area (Å²) >= 11 is 0. The van der Waals surface area contributed by atoms with Crippen LogP contribution in [0.2, 0.25) is 0 Å². The van der Waals surface area contributed by atoms with Gasteiger partial charge in [0.2, 0.25) is 5.91 Å². The maximum absolute atomic E-state index is 12.8. The fourth-order valence-electron chi connectivity index (χ4n) is 3.06. The van der Waals surface area contributed by atoms with Crippen molar-refractivity contribution < 1.29 is 14.0 Å². The number of nitrogens with one attached hydrogen (secondary N) is 1. The number of rotatable bonds is 3. The van der Waals surface area contributed by atoms with E-state index in [2.05, 4.69) is 5.32 Å². The van der Waals surface area contributed by atoms with Crippen molar-refractivity contribution in [2.24, 2.45) is 0 Å². The lowest BCUT2D eigenvalue weighted by atomic mass is 10.2. The first-order valence-corrected chi connectivity index (χ1v) is 7.03. The summed E-state index contributed by atoms with van der Waals surface area (Å²) in [6.07, 6.45) is 4.18. The Morgan fingerprint density at radius 1 is 1.10 bits per heavy atom. The van der Waals surface area contributed by atoms with Gasteiger partial charge in [-0.05, 0) is 37.1 Å². The van der Waals surface area contributed by atoms with Crippen molar-refractivity contribution in [2.75, 3.05) is 5.32 Å². The molecule has 0 radical (unpaired) electrons. The van der Waals surface area contributed by atoms with Gasteiger partial charge in [-0.2, -0.15) is 0 Å². The van der Waals surface area contributed by atoms with Gasteiger partial charge in [-0.15, -0.1) is 0 Å². The molecule has 1 N–H and O–H groups in total. The Kier molecular flexibility index (Phi) is 3.42. The van der Waals surface area contributed by atoms with Gasteiger partial charge in [0.15, 0.2) is 0 Å². The van der Waals surface area contributed by atoms with E-state index in [1.165, 1.54) is 17.0 Å². The van der Waals surface area contributed by atoms with Crippen LogP contribution >= 0.6 is 0 Å². The van der Waals surface area contributed by atoms with Gasteiger partial charge >= 0.3 is 0 Å². The molecule has 0 aromatic heterocycles. The van der Waals surface area contributed by atoms with Crippen LogP contribution in [0.15, 0.2) is 24.3 Å². The van der Waals surface area contributed by atoms with Crippen LogP contribution in [0.3, 0.4) is 0 Å². The van der Waals surface area contributed by atoms with Crippen molar-refractivity contribution in [3.05, 3.63) is 30.1 Å². The molecular formula is C15H17FN2O2. The molecule has 1 aromatic rings. The lowest BCUT2D eigenvalue weighted by Gasteiger charge is -2.22. The highest BCUT2D eigenvalue weighted by atomic mass is 19.1. The molecule has 1 saturated carbocycles. The molecule has 1 atom stereocenters. The van der Waals surface area contributed by atoms with Crippen molar-refractivity contribution in [2.45, 2.75) is 44.2 Å². The number of likely N-dealkylation sites (tertiary alicyclic amines) is 1. The highest BCUT2D eigenvalue weighted by Crippen LogP contribution is 2.29. The number of hydrogen-bond donors (Lipinski definition) is 1. The summed E-state index contributed by atoms with van der Waals surface area (Å²) in [5.41, 5.74) is 0.658. The van der Waals surface area contributed by atoms with Crippen LogP contribution in [0.5, 0.6) is 0 Å². The second-order valence-corrected chi connectivity index (χ2v) is 5.45. The quantitative estimate of drug-likeness (QED) is 0.862. The highest BCUT2D eigenvalue weighted by molar-refractivity contribution is 6.07. The van der Waals surface area contributed by atoms with Crippen LogP contribution in [0.1, 0.15) is 32.1 Å². The number of carbonyl (C=O) groups excluding carboxylic acids is 2. The minimum atomic E-state index is -0.520. The first kappa shape index (κ1) is 13.1. The normalized spacial score (nSPS) is 23.6. The zero-order valence-electron chi connectivity index (χ0n) is 11.1. The molecule has 1 aromatic carbocycles. The van der Waals surface area contributed by atoms with Crippen molar-refractivity contribution >= 4 is 17.5 Å². The highest BCUT2D eigenvalue weighted by Gasteiger charge is 2.42. The summed E-state index contributed by atoms with van der Waals surface area (Å²) in [4.78, 5) is 25.8. The summed E-state index contributed by atoms with van der Waals surface area (Å²) in [7, 11) is 0. The summed E-state index contributed by atoms with van der Waals surface area (Å²) in [6.45, 7) is 0. The molecule has 4 nitrogen and oxygen atoms in total. The minimum absolute atomic E-state index is 0.0787. The number of amides is 2. The number of benzene rings is 1. The molecule has 2 fully saturated rings. The van der Waals surface area contributed by atoms with E-state index < -0.39 is 6.04 Å². The van der Waals surface area contributed by atoms with E-state index in [1.807, 2.05) is 0 Å². The molecule has 2 aliphatic rings. The molecular weight excluding hydrogens is 259 g/mol. The van der Waals surface area contributed by atoms with E-state index in [-0.39, 0.29) is 30.1 Å². The molecule has 2 amide bonds. The van der Waals surface area contributed by atoms with Crippen molar-refractivity contribution in [3.8, 4) is 0 Å². The Balaban J connectivity index is 1.70. The molecule has 20 heavy (non-hydrogen) atoms. The molecule has 106 valence electrons. The SMILES string of the molecule is O=C1C[C@H](Nc2ccc(F)cc2)C(=O)N1C1CCCC1. The maximum Gasteiger partial charge on any atom is 0.252 e. The second kappa shape index (κ2) is 5.23. The third kappa shape index (κ3) is 2.40. The van der Waals surface area contributed by atoms with Gasteiger partial charge in [-0.1, -0.05) is 12.8 Å². The van der Waals surface area contributed by atoms with E-state index in [0.717, 1.165) is 25.7 Å². The predicted molar refractivity (Wildman–Crippen MR) is 72.5 cm³/mol. The van der Waals surface area contributed by atoms with Gasteiger partial charge in [-0.3, -0.25) is 14.5 Å². The third-order valence-electron chi connectivity index (χ3n) is 4.06. The first-order valence-electron chi connectivity index (χ1n) is 7.03. The summed E-state index contributed by atoms with van der Waals surface area (Å²) in [6, 6.07) is 5.37. The lowest BCUT2D eigenvalue weighted by molar-refractivity contribution is -0.141. The number of halogens is 1. The van der Waals surface area contributed by atoms with E-state index in [1.54, 1.807) is 12.1 Å². The third-order valence-corrected chi connectivity index (χ3v) is 4.06. The zero-order chi connectivity index (χ0) is 14.1. The van der Waals surface area contributed by atoms with E-state index in [0.29, 0.717) is 5.69 Å². The molecule has 1 aliphatic heterocycles. The Morgan fingerprint density at radius 3 is 2.40 bits per heavy atom. The largest absolute Gasteiger partial charge is 0.373 e. The lowest BCUT2D eigenvalue weighted by Crippen LogP contribution is -2.40. The van der Waals surface area contributed by atoms with Crippen molar-refractivity contribution in [3.63, 3.8) is 0 Å². The van der Waals surface area contributed by atoms with Gasteiger partial charge in [-0.25, -0.2) is 4.39 Å². The number of nitrogens with zero attached hydrogens (tertiary/aromatic N) is 1. The van der Waals surface area contributed by atoms with Crippen molar-refractivity contribution in [1.82, 2.24) is 4.90 Å². The molecule has 5 heteroatoms. The van der Waals surface area contributed by atoms with E-state index in [9.17, 15) is 14.0 Å². The Labute approximate surface area is 117 Å². The van der Waals surface area contributed by atoms with Gasteiger partial charge in [0, 0.05) is 11.7 Å². The Bertz CT molecular complexity index is 523. The second-order valence-electron chi connectivity index (χ2n) is 5.45. The first-order chi connectivity index (χ1) is 9.65. The average molecular weight is 276 g/mol. The van der Waals surface area contributed by atoms with E-state index in [4.69, 9.17) is 0 Å². The summed E-state index contributed by atoms with van der Waals surface area (Å²) < 4.78 is 12.8. The van der Waals surface area contributed by atoms with Crippen LogP contribution in [0.25, 0.3) is 0 Å². The van der Waals surface area contributed by atoms with Crippen LogP contribution in [0, 0.1) is 5.82 Å². The molecule has 0 bridgehead atoms. The number of hydrogen-bond acceptors (Lipinski definition) is 3. The average Bonchev–Trinajstić information content (AvgIpc) is 3.02. The molecule has 3 rings (SSSR count). The Hall–Kier alpha value is -1.91. The standard InChI is InChI=1S/C15H17FN2O2/c16-10-5-7-11(8-6-10)17-13-9-14(19)18(15(13)20)12-3-1-2-4-12/h5-8,12-13,17H,1-4,9H2/t13-/m0/s1. The topological polar surface area (TPSA) is 49.4 Å². The van der Waals surface area contributed by atoms with Crippen LogP contribution in [-0.2, 0) is 9.59 Å². The zero-order valence-corrected chi connectivity index (χ0v) is 11.1. The monoisotopic (exact) mass is 276 g/mol. The van der Waals surface area contributed by atoms with Gasteiger partial charge < -0.3 is 5.32 Å². The minimum Gasteiger partial charge on any atom is -0.373 e. The Morgan fingerprint density at radius 2 is 1.75 bits per heavy atom. The summed E-state index contributed by atoms with van der Waals surface area (Å²) in [5, 5.41) is 3.02. The molecule has 1 aliphatic carbocycles. The molecule has 0 unspecified atom stereocenters. The van der Waals surface area contributed by atoms with E-state index >= 15 is 0 Å². The van der Waals surface area contributed by atoms with Crippen LogP contribution in [0.4, 0.5) is 10.1 Å². The predicted octanol–water partition coefficient (Wildman–Crippen LogP) is 2.31. The number of anilines is 1. The fraction of sp³-hybridized carbons (Fsp3) is 0.467.